The lowest BCUT2D eigenvalue weighted by atomic mass is 10.2. The summed E-state index contributed by atoms with van der Waals surface area (Å²) in [6, 6.07) is 16.8. The standard InChI is InChI=1S/C19H22N2O2/c1-21(2)19(12-13-19)14-20-18(22)15-8-10-17(11-9-15)23-16-6-4-3-5-7-16/h3-11H,12-14H2,1-2H3,(H,20,22). The molecular weight excluding hydrogens is 288 g/mol. The number of nitrogens with zero attached hydrogens (tertiary/aromatic N) is 1. The Morgan fingerprint density at radius 3 is 2.22 bits per heavy atom. The molecule has 1 fully saturated rings. The van der Waals surface area contributed by atoms with Crippen LogP contribution in [0.15, 0.2) is 54.6 Å². The molecule has 0 aromatic heterocycles. The van der Waals surface area contributed by atoms with Crippen LogP contribution in [0.5, 0.6) is 11.5 Å². The Morgan fingerprint density at radius 1 is 1.04 bits per heavy atom. The van der Waals surface area contributed by atoms with E-state index < -0.39 is 0 Å². The fourth-order valence-corrected chi connectivity index (χ4v) is 2.57. The molecule has 0 bridgehead atoms. The lowest BCUT2D eigenvalue weighted by Crippen LogP contribution is -2.42. The summed E-state index contributed by atoms with van der Waals surface area (Å²) in [5, 5.41) is 3.03. The zero-order valence-electron chi connectivity index (χ0n) is 13.6. The minimum absolute atomic E-state index is 0.0376. The molecule has 0 atom stereocenters. The van der Waals surface area contributed by atoms with Gasteiger partial charge in [-0.05, 0) is 63.3 Å². The van der Waals surface area contributed by atoms with Gasteiger partial charge in [-0.3, -0.25) is 4.79 Å². The number of nitrogens with one attached hydrogen (secondary N) is 1. The first-order valence-electron chi connectivity index (χ1n) is 7.88. The van der Waals surface area contributed by atoms with Gasteiger partial charge in [-0.1, -0.05) is 18.2 Å². The normalized spacial score (nSPS) is 15.3. The number of para-hydroxylation sites is 1. The van der Waals surface area contributed by atoms with Crippen LogP contribution in [0.4, 0.5) is 0 Å². The Bertz CT molecular complexity index is 662. The van der Waals surface area contributed by atoms with Gasteiger partial charge >= 0.3 is 0 Å². The predicted octanol–water partition coefficient (Wildman–Crippen LogP) is 3.30. The molecule has 1 saturated carbocycles. The van der Waals surface area contributed by atoms with Crippen LogP contribution in [-0.2, 0) is 0 Å². The molecule has 2 aromatic rings. The molecule has 4 heteroatoms. The number of hydrogen-bond donors (Lipinski definition) is 1. The highest BCUT2D eigenvalue weighted by Crippen LogP contribution is 2.39. The van der Waals surface area contributed by atoms with E-state index in [0.717, 1.165) is 24.3 Å². The van der Waals surface area contributed by atoms with Gasteiger partial charge in [0.05, 0.1) is 0 Å². The van der Waals surface area contributed by atoms with Gasteiger partial charge in [-0.25, -0.2) is 0 Å². The van der Waals surface area contributed by atoms with Gasteiger partial charge in [-0.15, -0.1) is 0 Å². The predicted molar refractivity (Wildman–Crippen MR) is 90.9 cm³/mol. The molecule has 1 aliphatic carbocycles. The fourth-order valence-electron chi connectivity index (χ4n) is 2.57. The van der Waals surface area contributed by atoms with Crippen molar-refractivity contribution < 1.29 is 9.53 Å². The first-order valence-corrected chi connectivity index (χ1v) is 7.88. The van der Waals surface area contributed by atoms with E-state index in [1.807, 2.05) is 42.5 Å². The Balaban J connectivity index is 1.57. The highest BCUT2D eigenvalue weighted by Gasteiger charge is 2.44. The Labute approximate surface area is 137 Å². The second-order valence-corrected chi connectivity index (χ2v) is 6.24. The number of hydrogen-bond acceptors (Lipinski definition) is 3. The SMILES string of the molecule is CN(C)C1(CNC(=O)c2ccc(Oc3ccccc3)cc2)CC1. The summed E-state index contributed by atoms with van der Waals surface area (Å²) in [4.78, 5) is 14.4. The molecule has 0 aliphatic heterocycles. The maximum atomic E-state index is 12.2. The van der Waals surface area contributed by atoms with Gasteiger partial charge < -0.3 is 15.0 Å². The molecule has 1 amide bonds. The van der Waals surface area contributed by atoms with Crippen LogP contribution in [0.1, 0.15) is 23.2 Å². The first-order chi connectivity index (χ1) is 11.1. The number of ether oxygens (including phenoxy) is 1. The summed E-state index contributed by atoms with van der Waals surface area (Å²) in [7, 11) is 4.13. The second kappa shape index (κ2) is 6.42. The zero-order chi connectivity index (χ0) is 16.3. The van der Waals surface area contributed by atoms with Crippen LogP contribution >= 0.6 is 0 Å². The van der Waals surface area contributed by atoms with E-state index in [0.29, 0.717) is 12.1 Å². The van der Waals surface area contributed by atoms with Crippen LogP contribution < -0.4 is 10.1 Å². The summed E-state index contributed by atoms with van der Waals surface area (Å²) in [5.41, 5.74) is 0.811. The fraction of sp³-hybridized carbons (Fsp3) is 0.316. The summed E-state index contributed by atoms with van der Waals surface area (Å²) in [6.07, 6.45) is 2.29. The van der Waals surface area contributed by atoms with Gasteiger partial charge in [0.25, 0.3) is 5.91 Å². The highest BCUT2D eigenvalue weighted by atomic mass is 16.5. The van der Waals surface area contributed by atoms with Crippen LogP contribution in [0.25, 0.3) is 0 Å². The molecule has 4 nitrogen and oxygen atoms in total. The number of benzene rings is 2. The van der Waals surface area contributed by atoms with Crippen molar-refractivity contribution in [3.63, 3.8) is 0 Å². The lowest BCUT2D eigenvalue weighted by Gasteiger charge is -2.23. The number of amides is 1. The van der Waals surface area contributed by atoms with Crippen molar-refractivity contribution in [2.45, 2.75) is 18.4 Å². The molecule has 0 radical (unpaired) electrons. The Kier molecular flexibility index (Phi) is 4.35. The van der Waals surface area contributed by atoms with Gasteiger partial charge in [0.2, 0.25) is 0 Å². The maximum Gasteiger partial charge on any atom is 0.251 e. The van der Waals surface area contributed by atoms with E-state index in [2.05, 4.69) is 24.3 Å². The lowest BCUT2D eigenvalue weighted by molar-refractivity contribution is 0.0938. The van der Waals surface area contributed by atoms with Crippen LogP contribution in [-0.4, -0.2) is 37.0 Å². The van der Waals surface area contributed by atoms with Gasteiger partial charge in [0.15, 0.2) is 0 Å². The van der Waals surface area contributed by atoms with E-state index in [4.69, 9.17) is 4.74 Å². The Hall–Kier alpha value is -2.33. The third kappa shape index (κ3) is 3.71. The van der Waals surface area contributed by atoms with E-state index in [9.17, 15) is 4.79 Å². The van der Waals surface area contributed by atoms with Crippen molar-refractivity contribution in [3.8, 4) is 11.5 Å². The van der Waals surface area contributed by atoms with Gasteiger partial charge in [-0.2, -0.15) is 0 Å². The number of carbonyl (C=O) groups is 1. The molecule has 0 unspecified atom stereocenters. The molecule has 1 aliphatic rings. The zero-order valence-corrected chi connectivity index (χ0v) is 13.6. The topological polar surface area (TPSA) is 41.6 Å². The molecule has 2 aromatic carbocycles. The van der Waals surface area contributed by atoms with E-state index in [-0.39, 0.29) is 11.4 Å². The molecule has 0 spiro atoms. The van der Waals surface area contributed by atoms with E-state index in [1.165, 1.54) is 0 Å². The summed E-state index contributed by atoms with van der Waals surface area (Å²) >= 11 is 0. The van der Waals surface area contributed by atoms with Crippen LogP contribution in [0.2, 0.25) is 0 Å². The van der Waals surface area contributed by atoms with Crippen molar-refractivity contribution in [2.75, 3.05) is 20.6 Å². The number of rotatable bonds is 6. The third-order valence-electron chi connectivity index (χ3n) is 4.45. The summed E-state index contributed by atoms with van der Waals surface area (Å²) in [5.74, 6) is 1.47. The smallest absolute Gasteiger partial charge is 0.251 e. The monoisotopic (exact) mass is 310 g/mol. The van der Waals surface area contributed by atoms with E-state index >= 15 is 0 Å². The molecule has 23 heavy (non-hydrogen) atoms. The van der Waals surface area contributed by atoms with Crippen molar-refractivity contribution in [2.24, 2.45) is 0 Å². The van der Waals surface area contributed by atoms with Crippen molar-refractivity contribution in [3.05, 3.63) is 60.2 Å². The number of carbonyl (C=O) groups excluding carboxylic acids is 1. The van der Waals surface area contributed by atoms with Gasteiger partial charge in [0, 0.05) is 17.6 Å². The molecule has 1 N–H and O–H groups in total. The summed E-state index contributed by atoms with van der Waals surface area (Å²) in [6.45, 7) is 0.696. The van der Waals surface area contributed by atoms with Crippen molar-refractivity contribution in [1.29, 1.82) is 0 Å². The first kappa shape index (κ1) is 15.6. The largest absolute Gasteiger partial charge is 0.457 e. The molecule has 120 valence electrons. The maximum absolute atomic E-state index is 12.2. The molecule has 0 heterocycles. The molecule has 0 saturated heterocycles. The van der Waals surface area contributed by atoms with Crippen molar-refractivity contribution in [1.82, 2.24) is 10.2 Å². The average Bonchev–Trinajstić information content (AvgIpc) is 3.36. The second-order valence-electron chi connectivity index (χ2n) is 6.24. The third-order valence-corrected chi connectivity index (χ3v) is 4.45. The average molecular weight is 310 g/mol. The van der Waals surface area contributed by atoms with Crippen molar-refractivity contribution >= 4 is 5.91 Å². The minimum atomic E-state index is -0.0376. The number of likely N-dealkylation sites (N-methyl/N-ethyl adjacent to an activating group) is 1. The molecule has 3 rings (SSSR count). The van der Waals surface area contributed by atoms with Crippen LogP contribution in [0.3, 0.4) is 0 Å². The quantitative estimate of drug-likeness (QED) is 0.890. The van der Waals surface area contributed by atoms with Gasteiger partial charge in [0.1, 0.15) is 11.5 Å². The summed E-state index contributed by atoms with van der Waals surface area (Å²) < 4.78 is 5.73. The van der Waals surface area contributed by atoms with Crippen LogP contribution in [0, 0.1) is 0 Å². The minimum Gasteiger partial charge on any atom is -0.457 e. The highest BCUT2D eigenvalue weighted by molar-refractivity contribution is 5.94. The molecular formula is C19H22N2O2. The van der Waals surface area contributed by atoms with E-state index in [1.54, 1.807) is 12.1 Å². The Morgan fingerprint density at radius 2 is 1.65 bits per heavy atom.